The number of hydrogen-bond acceptors (Lipinski definition) is 1. The van der Waals surface area contributed by atoms with Gasteiger partial charge in [-0.15, -0.1) is 0 Å². The molecule has 0 unspecified atom stereocenters. The number of halogens is 2. The van der Waals surface area contributed by atoms with Gasteiger partial charge in [-0.2, -0.15) is 0 Å². The Labute approximate surface area is 115 Å². The molecule has 0 atom stereocenters. The topological polar surface area (TPSA) is 17.1 Å². The van der Waals surface area contributed by atoms with Crippen molar-refractivity contribution in [3.05, 3.63) is 69.5 Å². The zero-order chi connectivity index (χ0) is 18.5. The summed E-state index contributed by atoms with van der Waals surface area (Å²) in [6.07, 6.45) is 0. The quantitative estimate of drug-likeness (QED) is 0.738. The first-order valence-electron chi connectivity index (χ1n) is 8.08. The number of benzene rings is 2. The van der Waals surface area contributed by atoms with Gasteiger partial charge in [0.2, 0.25) is 0 Å². The van der Waals surface area contributed by atoms with Crippen LogP contribution in [0.4, 0.5) is 0 Å². The highest BCUT2D eigenvalue weighted by Crippen LogP contribution is 2.15. The molecule has 2 aromatic rings. The molecular weight excluding hydrogens is 243 g/mol. The summed E-state index contributed by atoms with van der Waals surface area (Å²) < 4.78 is 61.8. The fraction of sp³-hybridized carbons (Fsp3) is 0. The van der Waals surface area contributed by atoms with E-state index in [0.29, 0.717) is 0 Å². The Kier molecular flexibility index (Phi) is 1.44. The minimum absolute atomic E-state index is 0.461. The van der Waals surface area contributed by atoms with E-state index in [1.54, 1.807) is 0 Å². The van der Waals surface area contributed by atoms with Crippen molar-refractivity contribution in [2.75, 3.05) is 0 Å². The van der Waals surface area contributed by atoms with Crippen molar-refractivity contribution in [2.45, 2.75) is 0 Å². The van der Waals surface area contributed by atoms with Crippen LogP contribution in [0, 0.1) is 0 Å². The molecule has 0 saturated heterocycles. The predicted molar refractivity (Wildman–Crippen MR) is 66.3 cm³/mol. The van der Waals surface area contributed by atoms with Crippen molar-refractivity contribution in [2.24, 2.45) is 0 Å². The van der Waals surface area contributed by atoms with Gasteiger partial charge < -0.3 is 0 Å². The van der Waals surface area contributed by atoms with Crippen molar-refractivity contribution in [3.8, 4) is 0 Å². The van der Waals surface area contributed by atoms with Crippen LogP contribution in [0.2, 0.25) is 10.0 Å². The molecule has 0 bridgehead atoms. The number of hydrogen-bond donors (Lipinski definition) is 0. The van der Waals surface area contributed by atoms with Gasteiger partial charge in [-0.25, -0.2) is 0 Å². The maximum absolute atomic E-state index is 12.7. The van der Waals surface area contributed by atoms with E-state index in [9.17, 15) is 4.79 Å². The van der Waals surface area contributed by atoms with E-state index in [0.717, 1.165) is 0 Å². The van der Waals surface area contributed by atoms with Gasteiger partial charge in [0.25, 0.3) is 0 Å². The van der Waals surface area contributed by atoms with Crippen LogP contribution < -0.4 is 0 Å². The maximum atomic E-state index is 12.7. The molecule has 0 radical (unpaired) electrons. The molecule has 16 heavy (non-hydrogen) atoms. The number of carbonyl (C=O) groups excluding carboxylic acids is 1. The molecule has 2 aromatic carbocycles. The summed E-state index contributed by atoms with van der Waals surface area (Å²) in [5, 5.41) is -0.922. The van der Waals surface area contributed by atoms with Gasteiger partial charge in [0.1, 0.15) is 0 Å². The second kappa shape index (κ2) is 4.69. The first-order valence-corrected chi connectivity index (χ1v) is 4.84. The lowest BCUT2D eigenvalue weighted by molar-refractivity contribution is 0.103. The van der Waals surface area contributed by atoms with Gasteiger partial charge in [0.05, 0.1) is 11.0 Å². The fourth-order valence-electron chi connectivity index (χ4n) is 0.947. The molecule has 0 aromatic heterocycles. The molecular formula is C13H8Cl2O. The van der Waals surface area contributed by atoms with Gasteiger partial charge in [-0.1, -0.05) is 23.2 Å². The minimum atomic E-state index is -1.17. The van der Waals surface area contributed by atoms with Crippen molar-refractivity contribution < 1.29 is 15.8 Å². The summed E-state index contributed by atoms with van der Waals surface area (Å²) in [4.78, 5) is 12.7. The number of ketones is 1. The molecule has 0 heterocycles. The predicted octanol–water partition coefficient (Wildman–Crippen LogP) is 4.22. The molecule has 0 N–H and O–H groups in total. The Balaban J connectivity index is 2.87. The van der Waals surface area contributed by atoms with Crippen LogP contribution in [-0.2, 0) is 0 Å². The highest BCUT2D eigenvalue weighted by molar-refractivity contribution is 6.31. The van der Waals surface area contributed by atoms with Crippen molar-refractivity contribution in [1.29, 1.82) is 0 Å². The summed E-state index contributed by atoms with van der Waals surface area (Å²) in [6.45, 7) is 0. The zero-order valence-corrected chi connectivity index (χ0v) is 9.18. The van der Waals surface area contributed by atoms with E-state index in [-0.39, 0.29) is 0 Å². The van der Waals surface area contributed by atoms with E-state index in [2.05, 4.69) is 0 Å². The Hall–Kier alpha value is -1.31. The third kappa shape index (κ3) is 2.43. The highest BCUT2D eigenvalue weighted by Gasteiger charge is 2.08. The largest absolute Gasteiger partial charge is 0.289 e. The molecule has 0 aliphatic carbocycles. The summed E-state index contributed by atoms with van der Waals surface area (Å²) in [5.74, 6) is -1.17. The Bertz CT molecular complexity index is 767. The lowest BCUT2D eigenvalue weighted by atomic mass is 10.0. The fourth-order valence-corrected chi connectivity index (χ4v) is 1.14. The third-order valence-corrected chi connectivity index (χ3v) is 2.02. The van der Waals surface area contributed by atoms with Crippen molar-refractivity contribution in [1.82, 2.24) is 0 Å². The number of rotatable bonds is 2. The van der Waals surface area contributed by atoms with Gasteiger partial charge in [0.15, 0.2) is 5.78 Å². The van der Waals surface area contributed by atoms with E-state index < -0.39 is 75.3 Å². The van der Waals surface area contributed by atoms with Crippen LogP contribution in [0.5, 0.6) is 0 Å². The summed E-state index contributed by atoms with van der Waals surface area (Å²) in [7, 11) is 0. The average molecular weight is 259 g/mol. The molecule has 0 spiro atoms. The lowest BCUT2D eigenvalue weighted by Crippen LogP contribution is -2.00. The minimum Gasteiger partial charge on any atom is -0.289 e. The summed E-state index contributed by atoms with van der Waals surface area (Å²) in [6, 6.07) is -5.43. The second-order valence-electron chi connectivity index (χ2n) is 2.71. The van der Waals surface area contributed by atoms with Crippen LogP contribution in [0.3, 0.4) is 0 Å². The molecule has 0 aliphatic heterocycles. The van der Waals surface area contributed by atoms with Gasteiger partial charge >= 0.3 is 0 Å². The molecule has 80 valence electrons. The average Bonchev–Trinajstić information content (AvgIpc) is 2.55. The highest BCUT2D eigenvalue weighted by atomic mass is 35.5. The molecule has 0 aliphatic rings. The van der Waals surface area contributed by atoms with Gasteiger partial charge in [-0.05, 0) is 48.3 Å². The monoisotopic (exact) mass is 258 g/mol. The van der Waals surface area contributed by atoms with Crippen LogP contribution >= 0.6 is 23.2 Å². The molecule has 0 saturated carbocycles. The summed E-state index contributed by atoms with van der Waals surface area (Å²) >= 11 is 11.3. The molecule has 0 amide bonds. The van der Waals surface area contributed by atoms with Crippen molar-refractivity contribution >= 4 is 29.0 Å². The van der Waals surface area contributed by atoms with E-state index in [1.165, 1.54) is 0 Å². The standard InChI is InChI=1S/C13H8Cl2O/c14-11-5-1-9(2-6-11)13(16)10-3-7-12(15)8-4-10/h1-8H/i1D,2D,3D,4D,5D,6D,7D,8D. The zero-order valence-electron chi connectivity index (χ0n) is 15.7. The van der Waals surface area contributed by atoms with Crippen LogP contribution in [0.25, 0.3) is 0 Å². The third-order valence-electron chi connectivity index (χ3n) is 1.64. The Morgan fingerprint density at radius 1 is 0.812 bits per heavy atom. The SMILES string of the molecule is [2H]c1c([2H])c(C(=O)c2c([2H])c([2H])c(Cl)c([2H])c2[2H])c([2H])c([2H])c1Cl. The smallest absolute Gasteiger partial charge is 0.193 e. The second-order valence-corrected chi connectivity index (χ2v) is 3.46. The Morgan fingerprint density at radius 2 is 1.12 bits per heavy atom. The first-order chi connectivity index (χ1) is 11.0. The lowest BCUT2D eigenvalue weighted by Gasteiger charge is -2.01. The van der Waals surface area contributed by atoms with E-state index in [4.69, 9.17) is 34.2 Å². The first kappa shape index (κ1) is 4.91. The molecule has 0 fully saturated rings. The maximum Gasteiger partial charge on any atom is 0.193 e. The van der Waals surface area contributed by atoms with Crippen LogP contribution in [0.15, 0.2) is 48.3 Å². The van der Waals surface area contributed by atoms with Crippen LogP contribution in [0.1, 0.15) is 26.9 Å². The van der Waals surface area contributed by atoms with Crippen LogP contribution in [-0.4, -0.2) is 5.78 Å². The van der Waals surface area contributed by atoms with E-state index in [1.807, 2.05) is 0 Å². The molecule has 1 nitrogen and oxygen atoms in total. The normalized spacial score (nSPS) is 17.1. The van der Waals surface area contributed by atoms with Gasteiger partial charge in [-0.3, -0.25) is 4.79 Å². The van der Waals surface area contributed by atoms with E-state index >= 15 is 0 Å². The Morgan fingerprint density at radius 3 is 1.44 bits per heavy atom. The molecule has 2 rings (SSSR count). The molecule has 3 heteroatoms. The van der Waals surface area contributed by atoms with Crippen molar-refractivity contribution in [3.63, 3.8) is 0 Å². The number of carbonyl (C=O) groups is 1. The summed E-state index contributed by atoms with van der Waals surface area (Å²) in [5.41, 5.74) is -1.37. The van der Waals surface area contributed by atoms with Gasteiger partial charge in [0, 0.05) is 21.2 Å².